The molecular formula is C30H37FN4O6S. The van der Waals surface area contributed by atoms with Crippen LogP contribution < -0.4 is 10.3 Å². The summed E-state index contributed by atoms with van der Waals surface area (Å²) in [6, 6.07) is 9.69. The number of nitrogens with zero attached hydrogens (tertiary/aromatic N) is 3. The highest BCUT2D eigenvalue weighted by Gasteiger charge is 2.47. The van der Waals surface area contributed by atoms with Crippen LogP contribution in [0.5, 0.6) is 5.75 Å². The molecule has 3 aliphatic heterocycles. The lowest BCUT2D eigenvalue weighted by molar-refractivity contribution is -0.124. The molecule has 0 unspecified atom stereocenters. The number of carbonyl (C=O) groups excluding carboxylic acids is 2. The van der Waals surface area contributed by atoms with E-state index in [9.17, 15) is 27.6 Å². The third-order valence-corrected chi connectivity index (χ3v) is 10.7. The number of piperidine rings is 2. The fourth-order valence-electron chi connectivity index (χ4n) is 6.04. The van der Waals surface area contributed by atoms with E-state index in [0.717, 1.165) is 16.7 Å². The van der Waals surface area contributed by atoms with Gasteiger partial charge in [0.2, 0.25) is 10.0 Å². The summed E-state index contributed by atoms with van der Waals surface area (Å²) in [7, 11) is -3.60. The number of hydrogen-bond acceptors (Lipinski definition) is 7. The monoisotopic (exact) mass is 600 g/mol. The van der Waals surface area contributed by atoms with Gasteiger partial charge in [-0.2, -0.15) is 0 Å². The van der Waals surface area contributed by atoms with Gasteiger partial charge in [-0.15, -0.1) is 0 Å². The first-order valence-electron chi connectivity index (χ1n) is 14.2. The number of sulfonamides is 1. The van der Waals surface area contributed by atoms with Crippen LogP contribution in [0.15, 0.2) is 41.4 Å². The van der Waals surface area contributed by atoms with Crippen molar-refractivity contribution < 1.29 is 32.6 Å². The van der Waals surface area contributed by atoms with Crippen LogP contribution in [0, 0.1) is 13.8 Å². The molecule has 0 radical (unpaired) electrons. The van der Waals surface area contributed by atoms with Gasteiger partial charge < -0.3 is 15.3 Å². The van der Waals surface area contributed by atoms with Gasteiger partial charge in [0.25, 0.3) is 11.8 Å². The number of nitrogens with one attached hydrogen (secondary N) is 1. The van der Waals surface area contributed by atoms with Crippen LogP contribution in [-0.4, -0.2) is 83.5 Å². The molecule has 2 amide bonds. The highest BCUT2D eigenvalue weighted by Crippen LogP contribution is 2.33. The van der Waals surface area contributed by atoms with Gasteiger partial charge >= 0.3 is 0 Å². The maximum atomic E-state index is 13.3. The summed E-state index contributed by atoms with van der Waals surface area (Å²) in [5.74, 6) is -0.0105. The molecule has 0 bridgehead atoms. The number of hydrogen-bond donors (Lipinski definition) is 2. The SMILES string of the molecule is Cc1cc(C(=O)N2CCC(C)(O)CC2)cc(C)c1CCS(=O)(=O)N1CCC2(CC1)N=C(c1ccc(OF)cc1)NC2=O. The fourth-order valence-corrected chi connectivity index (χ4v) is 7.50. The Balaban J connectivity index is 1.21. The largest absolute Gasteiger partial charge is 0.390 e. The quantitative estimate of drug-likeness (QED) is 0.503. The average molecular weight is 601 g/mol. The molecular weight excluding hydrogens is 563 g/mol. The Morgan fingerprint density at radius 1 is 1.05 bits per heavy atom. The number of halogens is 1. The van der Waals surface area contributed by atoms with Crippen LogP contribution in [0.4, 0.5) is 4.53 Å². The first-order valence-corrected chi connectivity index (χ1v) is 15.8. The number of amidine groups is 1. The minimum absolute atomic E-state index is 0.0419. The summed E-state index contributed by atoms with van der Waals surface area (Å²) in [6.07, 6.45) is 1.90. The Hall–Kier alpha value is -3.35. The van der Waals surface area contributed by atoms with Gasteiger partial charge in [0.15, 0.2) is 5.75 Å². The summed E-state index contributed by atoms with van der Waals surface area (Å²) >= 11 is 0. The smallest absolute Gasteiger partial charge is 0.253 e. The second kappa shape index (κ2) is 11.4. The number of likely N-dealkylation sites (tertiary alicyclic amines) is 1. The van der Waals surface area contributed by atoms with Gasteiger partial charge in [0.1, 0.15) is 11.4 Å². The molecule has 2 saturated heterocycles. The Morgan fingerprint density at radius 2 is 1.64 bits per heavy atom. The molecule has 12 heteroatoms. The van der Waals surface area contributed by atoms with Gasteiger partial charge in [0.05, 0.1) is 11.4 Å². The molecule has 5 rings (SSSR count). The number of carbonyl (C=O) groups is 2. The van der Waals surface area contributed by atoms with E-state index in [2.05, 4.69) is 15.3 Å². The molecule has 3 aliphatic rings. The van der Waals surface area contributed by atoms with E-state index in [4.69, 9.17) is 0 Å². The predicted molar refractivity (Wildman–Crippen MR) is 156 cm³/mol. The number of rotatable bonds is 7. The molecule has 0 aliphatic carbocycles. The van der Waals surface area contributed by atoms with Crippen molar-refractivity contribution in [2.24, 2.45) is 4.99 Å². The molecule has 2 aromatic carbocycles. The van der Waals surface area contributed by atoms with Crippen molar-refractivity contribution in [3.8, 4) is 5.75 Å². The normalized spacial score (nSPS) is 20.4. The van der Waals surface area contributed by atoms with Gasteiger partial charge in [-0.25, -0.2) is 12.7 Å². The topological polar surface area (TPSA) is 129 Å². The molecule has 0 aromatic heterocycles. The lowest BCUT2D eigenvalue weighted by atomic mass is 9.89. The van der Waals surface area contributed by atoms with Crippen molar-refractivity contribution in [2.45, 2.75) is 64.0 Å². The van der Waals surface area contributed by atoms with Gasteiger partial charge in [-0.1, -0.05) is 0 Å². The first-order chi connectivity index (χ1) is 19.8. The number of aryl methyl sites for hydroxylation is 2. The van der Waals surface area contributed by atoms with Gasteiger partial charge in [-0.3, -0.25) is 19.5 Å². The van der Waals surface area contributed by atoms with Crippen LogP contribution in [-0.2, 0) is 21.2 Å². The van der Waals surface area contributed by atoms with Crippen molar-refractivity contribution in [1.29, 1.82) is 0 Å². The Kier molecular flexibility index (Phi) is 8.16. The molecule has 10 nitrogen and oxygen atoms in total. The average Bonchev–Trinajstić information content (AvgIpc) is 3.27. The molecule has 2 aromatic rings. The fraction of sp³-hybridized carbons (Fsp3) is 0.500. The molecule has 226 valence electrons. The number of amides is 2. The predicted octanol–water partition coefficient (Wildman–Crippen LogP) is 2.84. The Bertz CT molecular complexity index is 1480. The van der Waals surface area contributed by atoms with Crippen molar-refractivity contribution in [2.75, 3.05) is 31.9 Å². The van der Waals surface area contributed by atoms with Crippen molar-refractivity contribution >= 4 is 27.7 Å². The summed E-state index contributed by atoms with van der Waals surface area (Å²) in [5, 5.41) is 13.0. The molecule has 0 saturated carbocycles. The standard InChI is InChI=1S/C30H37FN4O6S/c1-20-18-23(27(36)34-13-9-29(3,38)10-14-34)19-21(2)25(20)8-17-42(39,40)35-15-11-30(12-16-35)28(37)32-26(33-30)22-4-6-24(41-31)7-5-22/h4-7,18-19,38H,8-17H2,1-3H3,(H,32,33,37). The van der Waals surface area contributed by atoms with E-state index in [1.165, 1.54) is 16.4 Å². The summed E-state index contributed by atoms with van der Waals surface area (Å²) in [4.78, 5) is 36.1. The van der Waals surface area contributed by atoms with Crippen LogP contribution >= 0.6 is 0 Å². The second-order valence-electron chi connectivity index (χ2n) is 11.9. The first kappa shape index (κ1) is 30.1. The highest BCUT2D eigenvalue weighted by atomic mass is 32.2. The number of benzene rings is 2. The third kappa shape index (κ3) is 6.06. The zero-order valence-corrected chi connectivity index (χ0v) is 25.0. The molecule has 0 atom stereocenters. The lowest BCUT2D eigenvalue weighted by Crippen LogP contribution is -2.50. The van der Waals surface area contributed by atoms with E-state index in [-0.39, 0.29) is 49.2 Å². The maximum absolute atomic E-state index is 13.3. The van der Waals surface area contributed by atoms with E-state index in [0.29, 0.717) is 49.3 Å². The van der Waals surface area contributed by atoms with Crippen molar-refractivity contribution in [3.63, 3.8) is 0 Å². The number of aliphatic imine (C=N–C) groups is 1. The molecule has 3 heterocycles. The molecule has 2 fully saturated rings. The van der Waals surface area contributed by atoms with E-state index >= 15 is 0 Å². The lowest BCUT2D eigenvalue weighted by Gasteiger charge is -2.36. The van der Waals surface area contributed by atoms with E-state index in [1.54, 1.807) is 24.0 Å². The zero-order valence-electron chi connectivity index (χ0n) is 24.2. The van der Waals surface area contributed by atoms with Crippen LogP contribution in [0.1, 0.15) is 65.2 Å². The van der Waals surface area contributed by atoms with Crippen molar-refractivity contribution in [1.82, 2.24) is 14.5 Å². The minimum atomic E-state index is -3.60. The summed E-state index contributed by atoms with van der Waals surface area (Å²) in [5.41, 5.74) is 2.04. The van der Waals surface area contributed by atoms with Gasteiger partial charge in [0, 0.05) is 41.8 Å². The molecule has 1 spiro atoms. The zero-order chi connectivity index (χ0) is 30.3. The van der Waals surface area contributed by atoms with Gasteiger partial charge in [-0.05, 0) is 106 Å². The van der Waals surface area contributed by atoms with Crippen LogP contribution in [0.25, 0.3) is 0 Å². The maximum Gasteiger partial charge on any atom is 0.253 e. The van der Waals surface area contributed by atoms with E-state index in [1.807, 2.05) is 26.0 Å². The Labute approximate surface area is 245 Å². The Morgan fingerprint density at radius 3 is 2.21 bits per heavy atom. The van der Waals surface area contributed by atoms with Crippen LogP contribution in [0.2, 0.25) is 0 Å². The number of aliphatic hydroxyl groups is 1. The van der Waals surface area contributed by atoms with Crippen molar-refractivity contribution in [3.05, 3.63) is 64.2 Å². The molecule has 42 heavy (non-hydrogen) atoms. The second-order valence-corrected chi connectivity index (χ2v) is 14.0. The van der Waals surface area contributed by atoms with E-state index < -0.39 is 21.2 Å². The summed E-state index contributed by atoms with van der Waals surface area (Å²) in [6.45, 7) is 6.92. The highest BCUT2D eigenvalue weighted by molar-refractivity contribution is 7.89. The third-order valence-electron chi connectivity index (χ3n) is 8.82. The molecule has 2 N–H and O–H groups in total. The van der Waals surface area contributed by atoms with Crippen LogP contribution in [0.3, 0.4) is 0 Å². The minimum Gasteiger partial charge on any atom is -0.390 e. The summed E-state index contributed by atoms with van der Waals surface area (Å²) < 4.78 is 40.4.